The molecule has 1 unspecified atom stereocenters. The van der Waals surface area contributed by atoms with Crippen LogP contribution in [0.15, 0.2) is 5.38 Å². The van der Waals surface area contributed by atoms with Gasteiger partial charge in [0, 0.05) is 18.5 Å². The number of thiazole rings is 1. The van der Waals surface area contributed by atoms with Gasteiger partial charge in [0.25, 0.3) is 0 Å². The van der Waals surface area contributed by atoms with Crippen molar-refractivity contribution in [1.82, 2.24) is 9.88 Å². The van der Waals surface area contributed by atoms with Crippen molar-refractivity contribution in [3.05, 3.63) is 16.1 Å². The second-order valence-corrected chi connectivity index (χ2v) is 5.97. The fourth-order valence-electron chi connectivity index (χ4n) is 2.20. The first-order valence-corrected chi connectivity index (χ1v) is 7.65. The lowest BCUT2D eigenvalue weighted by atomic mass is 9.97. The Morgan fingerprint density at radius 3 is 2.90 bits per heavy atom. The van der Waals surface area contributed by atoms with Crippen molar-refractivity contribution in [2.45, 2.75) is 31.3 Å². The van der Waals surface area contributed by atoms with Gasteiger partial charge in [0.15, 0.2) is 0 Å². The van der Waals surface area contributed by atoms with E-state index < -0.39 is 12.1 Å². The van der Waals surface area contributed by atoms with E-state index in [1.165, 1.54) is 16.2 Å². The average Bonchev–Trinajstić information content (AvgIpc) is 2.85. The van der Waals surface area contributed by atoms with E-state index in [4.69, 9.17) is 11.6 Å². The molecule has 2 heterocycles. The molecule has 8 heteroatoms. The third-order valence-corrected chi connectivity index (χ3v) is 4.45. The Morgan fingerprint density at radius 1 is 1.55 bits per heavy atom. The summed E-state index contributed by atoms with van der Waals surface area (Å²) in [5.74, 6) is -1.44. The molecule has 0 saturated carbocycles. The van der Waals surface area contributed by atoms with Gasteiger partial charge in [0.1, 0.15) is 5.01 Å². The zero-order valence-electron chi connectivity index (χ0n) is 10.6. The molecule has 20 heavy (non-hydrogen) atoms. The van der Waals surface area contributed by atoms with E-state index in [1.807, 2.05) is 0 Å². The highest BCUT2D eigenvalue weighted by atomic mass is 35.5. The number of hydrogen-bond acceptors (Lipinski definition) is 3. The molecule has 1 saturated heterocycles. The summed E-state index contributed by atoms with van der Waals surface area (Å²) < 4.78 is 38.1. The van der Waals surface area contributed by atoms with E-state index in [9.17, 15) is 18.0 Å². The summed E-state index contributed by atoms with van der Waals surface area (Å²) in [6.07, 6.45) is -3.69. The summed E-state index contributed by atoms with van der Waals surface area (Å²) in [6, 6.07) is 0. The minimum atomic E-state index is -4.23. The topological polar surface area (TPSA) is 33.2 Å². The number of carbonyl (C=O) groups is 1. The third kappa shape index (κ3) is 3.85. The van der Waals surface area contributed by atoms with E-state index in [-0.39, 0.29) is 31.2 Å². The van der Waals surface area contributed by atoms with Gasteiger partial charge in [0.2, 0.25) is 5.91 Å². The number of nitrogens with zero attached hydrogens (tertiary/aromatic N) is 2. The summed E-state index contributed by atoms with van der Waals surface area (Å²) in [5.41, 5.74) is 0.686. The van der Waals surface area contributed by atoms with Crippen molar-refractivity contribution in [1.29, 1.82) is 0 Å². The van der Waals surface area contributed by atoms with Crippen molar-refractivity contribution in [3.63, 3.8) is 0 Å². The highest BCUT2D eigenvalue weighted by Gasteiger charge is 2.42. The van der Waals surface area contributed by atoms with Crippen LogP contribution in [0.5, 0.6) is 0 Å². The molecule has 0 aliphatic carbocycles. The Morgan fingerprint density at radius 2 is 2.30 bits per heavy atom. The predicted molar refractivity (Wildman–Crippen MR) is 70.7 cm³/mol. The first kappa shape index (κ1) is 15.6. The number of halogens is 4. The van der Waals surface area contributed by atoms with Crippen LogP contribution in [0.3, 0.4) is 0 Å². The van der Waals surface area contributed by atoms with Crippen LogP contribution in [-0.2, 0) is 17.1 Å². The standard InChI is InChI=1S/C12H14ClF3N2OS/c13-5-9-7-20-10(17-9)4-11(19)18-3-1-2-8(6-18)12(14,15)16/h7-8H,1-6H2. The quantitative estimate of drug-likeness (QED) is 0.799. The molecular weight excluding hydrogens is 313 g/mol. The highest BCUT2D eigenvalue weighted by Crippen LogP contribution is 2.33. The molecular formula is C12H14ClF3N2OS. The van der Waals surface area contributed by atoms with Gasteiger partial charge in [-0.1, -0.05) is 0 Å². The number of alkyl halides is 4. The molecule has 1 aliphatic rings. The molecule has 0 N–H and O–H groups in total. The lowest BCUT2D eigenvalue weighted by Gasteiger charge is -2.33. The Kier molecular flexibility index (Phi) is 4.90. The molecule has 0 spiro atoms. The van der Waals surface area contributed by atoms with Crippen LogP contribution in [0.2, 0.25) is 0 Å². The lowest BCUT2D eigenvalue weighted by molar-refractivity contribution is -0.187. The number of likely N-dealkylation sites (tertiary alicyclic amines) is 1. The van der Waals surface area contributed by atoms with Gasteiger partial charge in [-0.05, 0) is 12.8 Å². The second kappa shape index (κ2) is 6.30. The second-order valence-electron chi connectivity index (χ2n) is 4.76. The molecule has 3 nitrogen and oxygen atoms in total. The summed E-state index contributed by atoms with van der Waals surface area (Å²) in [5, 5.41) is 2.35. The molecule has 1 atom stereocenters. The molecule has 112 valence electrons. The van der Waals surface area contributed by atoms with Gasteiger partial charge >= 0.3 is 6.18 Å². The third-order valence-electron chi connectivity index (χ3n) is 3.28. The van der Waals surface area contributed by atoms with E-state index in [2.05, 4.69) is 4.98 Å². The minimum absolute atomic E-state index is 0.0478. The maximum Gasteiger partial charge on any atom is 0.393 e. The summed E-state index contributed by atoms with van der Waals surface area (Å²) in [4.78, 5) is 17.5. The van der Waals surface area contributed by atoms with Gasteiger partial charge in [-0.15, -0.1) is 22.9 Å². The Labute approximate surface area is 123 Å². The fraction of sp³-hybridized carbons (Fsp3) is 0.667. The zero-order valence-corrected chi connectivity index (χ0v) is 12.2. The van der Waals surface area contributed by atoms with Crippen LogP contribution in [0.25, 0.3) is 0 Å². The molecule has 0 bridgehead atoms. The van der Waals surface area contributed by atoms with E-state index in [1.54, 1.807) is 5.38 Å². The molecule has 1 amide bonds. The van der Waals surface area contributed by atoms with Gasteiger partial charge in [-0.2, -0.15) is 13.2 Å². The molecule has 2 rings (SSSR count). The van der Waals surface area contributed by atoms with Crippen LogP contribution in [0, 0.1) is 5.92 Å². The fourth-order valence-corrected chi connectivity index (χ4v) is 3.22. The molecule has 0 aromatic carbocycles. The highest BCUT2D eigenvalue weighted by molar-refractivity contribution is 7.09. The van der Waals surface area contributed by atoms with Crippen LogP contribution in [0.1, 0.15) is 23.5 Å². The smallest absolute Gasteiger partial charge is 0.342 e. The zero-order chi connectivity index (χ0) is 14.8. The van der Waals surface area contributed by atoms with Crippen molar-refractivity contribution < 1.29 is 18.0 Å². The number of rotatable bonds is 3. The maximum atomic E-state index is 12.7. The van der Waals surface area contributed by atoms with E-state index in [0.29, 0.717) is 23.7 Å². The van der Waals surface area contributed by atoms with Gasteiger partial charge in [0.05, 0.1) is 23.9 Å². The summed E-state index contributed by atoms with van der Waals surface area (Å²) in [7, 11) is 0. The largest absolute Gasteiger partial charge is 0.393 e. The number of amides is 1. The normalized spacial score (nSPS) is 20.2. The minimum Gasteiger partial charge on any atom is -0.342 e. The van der Waals surface area contributed by atoms with Gasteiger partial charge in [-0.25, -0.2) is 4.98 Å². The van der Waals surface area contributed by atoms with E-state index in [0.717, 1.165) is 0 Å². The van der Waals surface area contributed by atoms with Crippen LogP contribution >= 0.6 is 22.9 Å². The van der Waals surface area contributed by atoms with Gasteiger partial charge < -0.3 is 4.90 Å². The Bertz CT molecular complexity index is 478. The molecule has 1 aromatic heterocycles. The number of aromatic nitrogens is 1. The van der Waals surface area contributed by atoms with Crippen molar-refractivity contribution in [2.75, 3.05) is 13.1 Å². The molecule has 1 aliphatic heterocycles. The molecule has 0 radical (unpaired) electrons. The molecule has 1 aromatic rings. The maximum absolute atomic E-state index is 12.7. The Balaban J connectivity index is 1.95. The van der Waals surface area contributed by atoms with Crippen molar-refractivity contribution in [3.8, 4) is 0 Å². The lowest BCUT2D eigenvalue weighted by Crippen LogP contribution is -2.45. The monoisotopic (exact) mass is 326 g/mol. The SMILES string of the molecule is O=C(Cc1nc(CCl)cs1)N1CCCC(C(F)(F)F)C1. The van der Waals surface area contributed by atoms with Crippen LogP contribution in [-0.4, -0.2) is 35.1 Å². The first-order valence-electron chi connectivity index (χ1n) is 6.24. The van der Waals surface area contributed by atoms with Crippen LogP contribution < -0.4 is 0 Å². The average molecular weight is 327 g/mol. The Hall–Kier alpha value is -0.820. The summed E-state index contributed by atoms with van der Waals surface area (Å²) in [6.45, 7) is 0.148. The van der Waals surface area contributed by atoms with Gasteiger partial charge in [-0.3, -0.25) is 4.79 Å². The number of piperidine rings is 1. The number of hydrogen-bond donors (Lipinski definition) is 0. The number of carbonyl (C=O) groups excluding carboxylic acids is 1. The molecule has 1 fully saturated rings. The van der Waals surface area contributed by atoms with Crippen molar-refractivity contribution >= 4 is 28.8 Å². The van der Waals surface area contributed by atoms with Crippen molar-refractivity contribution in [2.24, 2.45) is 5.92 Å². The van der Waals surface area contributed by atoms with E-state index >= 15 is 0 Å². The summed E-state index contributed by atoms with van der Waals surface area (Å²) >= 11 is 6.93. The van der Waals surface area contributed by atoms with Crippen LogP contribution in [0.4, 0.5) is 13.2 Å². The predicted octanol–water partition coefficient (Wildman–Crippen LogP) is 3.23. The first-order chi connectivity index (χ1) is 9.40.